The van der Waals surface area contributed by atoms with Crippen LogP contribution in [0.5, 0.6) is 11.5 Å². The van der Waals surface area contributed by atoms with E-state index < -0.39 is 0 Å². The van der Waals surface area contributed by atoms with Gasteiger partial charge in [0.2, 0.25) is 0 Å². The fourth-order valence-electron chi connectivity index (χ4n) is 5.03. The molecule has 2 aromatic carbocycles. The van der Waals surface area contributed by atoms with Gasteiger partial charge < -0.3 is 14.4 Å². The van der Waals surface area contributed by atoms with Crippen molar-refractivity contribution in [3.63, 3.8) is 0 Å². The molecule has 2 aliphatic rings. The van der Waals surface area contributed by atoms with Gasteiger partial charge in [-0.15, -0.1) is 0 Å². The molecule has 5 rings (SSSR count). The molecule has 0 amide bonds. The lowest BCUT2D eigenvalue weighted by Gasteiger charge is -2.39. The number of nitrogens with zero attached hydrogens (tertiary/aromatic N) is 3. The number of ether oxygens (including phenoxy) is 2. The molecule has 1 spiro atoms. The minimum absolute atomic E-state index is 0.199. The molecule has 178 valence electrons. The van der Waals surface area contributed by atoms with E-state index in [1.165, 1.54) is 4.57 Å². The summed E-state index contributed by atoms with van der Waals surface area (Å²) < 4.78 is 13.2. The summed E-state index contributed by atoms with van der Waals surface area (Å²) in [6.45, 7) is 6.51. The van der Waals surface area contributed by atoms with Gasteiger partial charge in [0.15, 0.2) is 0 Å². The smallest absolute Gasteiger partial charge is 0.260 e. The molecule has 6 nitrogen and oxygen atoms in total. The van der Waals surface area contributed by atoms with Crippen LogP contribution in [-0.4, -0.2) is 35.4 Å². The molecule has 3 heterocycles. The molecule has 0 aliphatic carbocycles. The molecule has 0 radical (unpaired) electrons. The molecular formula is C26H27Cl2N3O3. The van der Waals surface area contributed by atoms with E-state index in [4.69, 9.17) is 37.7 Å². The predicted molar refractivity (Wildman–Crippen MR) is 135 cm³/mol. The van der Waals surface area contributed by atoms with E-state index in [0.717, 1.165) is 39.0 Å². The second kappa shape index (κ2) is 9.25. The minimum atomic E-state index is -0.199. The highest BCUT2D eigenvalue weighted by atomic mass is 35.5. The lowest BCUT2D eigenvalue weighted by atomic mass is 9.77. The Balaban J connectivity index is 1.39. The molecule has 2 saturated heterocycles. The summed E-state index contributed by atoms with van der Waals surface area (Å²) in [6, 6.07) is 14.3. The van der Waals surface area contributed by atoms with Crippen molar-refractivity contribution >= 4 is 29.0 Å². The fraction of sp³-hybridized carbons (Fsp3) is 0.385. The van der Waals surface area contributed by atoms with Crippen LogP contribution in [0, 0.1) is 12.3 Å². The number of rotatable bonds is 4. The van der Waals surface area contributed by atoms with Crippen molar-refractivity contribution in [2.75, 3.05) is 24.6 Å². The Kier molecular flexibility index (Phi) is 6.32. The molecule has 0 N–H and O–H groups in total. The normalized spacial score (nSPS) is 19.5. The van der Waals surface area contributed by atoms with E-state index in [-0.39, 0.29) is 21.0 Å². The number of halogens is 2. The third kappa shape index (κ3) is 4.42. The van der Waals surface area contributed by atoms with Gasteiger partial charge in [-0.05, 0) is 62.8 Å². The average Bonchev–Trinajstić information content (AvgIpc) is 3.18. The van der Waals surface area contributed by atoms with Crippen LogP contribution in [0.25, 0.3) is 5.69 Å². The predicted octanol–water partition coefficient (Wildman–Crippen LogP) is 6.04. The summed E-state index contributed by atoms with van der Waals surface area (Å²) in [5.74, 6) is 2.32. The first kappa shape index (κ1) is 23.2. The third-order valence-corrected chi connectivity index (χ3v) is 7.71. The Morgan fingerprint density at radius 3 is 2.47 bits per heavy atom. The third-order valence-electron chi connectivity index (χ3n) is 6.85. The number of hydrogen-bond donors (Lipinski definition) is 0. The standard InChI is InChI=1S/C26H27Cl2N3O3/c1-17-15-26(16-33-17)10-12-30(13-11-26)22-14-23(32)31(18(2)29-22)20-8-9-21(25(28)24(20)27)34-19-6-4-3-5-7-19/h3-9,14,17H,10-13,15-16H2,1-2H3/t17-/m0/s1. The number of hydrogen-bond acceptors (Lipinski definition) is 5. The first-order valence-corrected chi connectivity index (χ1v) is 12.3. The van der Waals surface area contributed by atoms with Gasteiger partial charge in [-0.3, -0.25) is 9.36 Å². The fourth-order valence-corrected chi connectivity index (χ4v) is 5.47. The molecule has 2 fully saturated rings. The molecule has 3 aromatic rings. The molecule has 34 heavy (non-hydrogen) atoms. The van der Waals surface area contributed by atoms with Gasteiger partial charge in [0.25, 0.3) is 5.56 Å². The summed E-state index contributed by atoms with van der Waals surface area (Å²) in [6.07, 6.45) is 3.53. The molecule has 0 unspecified atom stereocenters. The van der Waals surface area contributed by atoms with Crippen molar-refractivity contribution in [3.8, 4) is 17.2 Å². The van der Waals surface area contributed by atoms with Crippen LogP contribution in [0.3, 0.4) is 0 Å². The van der Waals surface area contributed by atoms with Gasteiger partial charge in [-0.1, -0.05) is 41.4 Å². The van der Waals surface area contributed by atoms with E-state index in [1.807, 2.05) is 30.3 Å². The number of anilines is 1. The summed E-state index contributed by atoms with van der Waals surface area (Å²) in [4.78, 5) is 20.1. The van der Waals surface area contributed by atoms with Crippen LogP contribution >= 0.6 is 23.2 Å². The number of piperidine rings is 1. The zero-order valence-electron chi connectivity index (χ0n) is 19.3. The van der Waals surface area contributed by atoms with Crippen LogP contribution in [0.1, 0.15) is 32.0 Å². The van der Waals surface area contributed by atoms with E-state index in [0.29, 0.717) is 34.9 Å². The van der Waals surface area contributed by atoms with Crippen molar-refractivity contribution in [2.24, 2.45) is 5.41 Å². The quantitative estimate of drug-likeness (QED) is 0.438. The molecule has 1 atom stereocenters. The average molecular weight is 500 g/mol. The zero-order valence-corrected chi connectivity index (χ0v) is 20.8. The first-order chi connectivity index (χ1) is 16.3. The molecule has 8 heteroatoms. The Morgan fingerprint density at radius 1 is 1.09 bits per heavy atom. The first-order valence-electron chi connectivity index (χ1n) is 11.5. The second-order valence-electron chi connectivity index (χ2n) is 9.27. The maximum absolute atomic E-state index is 13.2. The van der Waals surface area contributed by atoms with Crippen molar-refractivity contribution in [2.45, 2.75) is 39.2 Å². The highest BCUT2D eigenvalue weighted by Crippen LogP contribution is 2.42. The van der Waals surface area contributed by atoms with Gasteiger partial charge >= 0.3 is 0 Å². The SMILES string of the molecule is Cc1nc(N2CCC3(CC2)CO[C@@H](C)C3)cc(=O)n1-c1ccc(Oc2ccccc2)c(Cl)c1Cl. The molecule has 1 aromatic heterocycles. The lowest BCUT2D eigenvalue weighted by Crippen LogP contribution is -2.41. The summed E-state index contributed by atoms with van der Waals surface area (Å²) in [5.41, 5.74) is 0.548. The monoisotopic (exact) mass is 499 g/mol. The summed E-state index contributed by atoms with van der Waals surface area (Å²) >= 11 is 13.1. The Hall–Kier alpha value is -2.54. The molecule has 0 bridgehead atoms. The van der Waals surface area contributed by atoms with Crippen molar-refractivity contribution in [3.05, 3.63) is 74.8 Å². The number of benzene rings is 2. The summed E-state index contributed by atoms with van der Waals surface area (Å²) in [7, 11) is 0. The van der Waals surface area contributed by atoms with Gasteiger partial charge in [0, 0.05) is 19.2 Å². The largest absolute Gasteiger partial charge is 0.456 e. The van der Waals surface area contributed by atoms with Crippen LogP contribution < -0.4 is 15.2 Å². The zero-order chi connectivity index (χ0) is 23.9. The Morgan fingerprint density at radius 2 is 1.82 bits per heavy atom. The number of aryl methyl sites for hydroxylation is 1. The van der Waals surface area contributed by atoms with Gasteiger partial charge in [-0.25, -0.2) is 4.98 Å². The van der Waals surface area contributed by atoms with Crippen molar-refractivity contribution in [1.82, 2.24) is 9.55 Å². The van der Waals surface area contributed by atoms with Gasteiger partial charge in [0.05, 0.1) is 23.4 Å². The molecular weight excluding hydrogens is 473 g/mol. The van der Waals surface area contributed by atoms with Crippen molar-refractivity contribution < 1.29 is 9.47 Å². The van der Waals surface area contributed by atoms with E-state index in [9.17, 15) is 4.79 Å². The maximum atomic E-state index is 13.2. The lowest BCUT2D eigenvalue weighted by molar-refractivity contribution is 0.0976. The highest BCUT2D eigenvalue weighted by Gasteiger charge is 2.41. The second-order valence-corrected chi connectivity index (χ2v) is 10.0. The van der Waals surface area contributed by atoms with Crippen molar-refractivity contribution in [1.29, 1.82) is 0 Å². The Bertz CT molecular complexity index is 1250. The van der Waals surface area contributed by atoms with Gasteiger partial charge in [0.1, 0.15) is 28.2 Å². The van der Waals surface area contributed by atoms with Crippen LogP contribution in [0.2, 0.25) is 10.0 Å². The van der Waals surface area contributed by atoms with Crippen LogP contribution in [0.4, 0.5) is 5.82 Å². The van der Waals surface area contributed by atoms with Gasteiger partial charge in [-0.2, -0.15) is 0 Å². The number of aromatic nitrogens is 2. The Labute approximate surface area is 209 Å². The minimum Gasteiger partial charge on any atom is -0.456 e. The molecule has 0 saturated carbocycles. The topological polar surface area (TPSA) is 56.6 Å². The maximum Gasteiger partial charge on any atom is 0.260 e. The van der Waals surface area contributed by atoms with E-state index in [1.54, 1.807) is 25.1 Å². The van der Waals surface area contributed by atoms with Crippen LogP contribution in [0.15, 0.2) is 53.3 Å². The van der Waals surface area contributed by atoms with E-state index >= 15 is 0 Å². The molecule has 2 aliphatic heterocycles. The number of para-hydroxylation sites is 1. The summed E-state index contributed by atoms with van der Waals surface area (Å²) in [5, 5.41) is 0.484. The van der Waals surface area contributed by atoms with E-state index in [2.05, 4.69) is 11.8 Å². The van der Waals surface area contributed by atoms with Crippen LogP contribution in [-0.2, 0) is 4.74 Å². The highest BCUT2D eigenvalue weighted by molar-refractivity contribution is 6.44.